The number of carboxylic acid groups (broad SMARTS) is 1. The Morgan fingerprint density at radius 3 is 2.23 bits per heavy atom. The number of rotatable bonds is 2. The molecule has 0 amide bonds. The van der Waals surface area contributed by atoms with Crippen LogP contribution in [-0.4, -0.2) is 30.3 Å². The minimum absolute atomic E-state index is 0.144. The van der Waals surface area contributed by atoms with Gasteiger partial charge in [-0.25, -0.2) is 14.4 Å². The van der Waals surface area contributed by atoms with Crippen LogP contribution in [0.4, 0.5) is 4.79 Å². The molecular formula is C7H8O6. The predicted molar refractivity (Wildman–Crippen MR) is 39.9 cm³/mol. The van der Waals surface area contributed by atoms with Gasteiger partial charge in [0.2, 0.25) is 0 Å². The van der Waals surface area contributed by atoms with E-state index in [0.29, 0.717) is 0 Å². The minimum Gasteiger partial charge on any atom is -0.466 e. The molecule has 0 atom stereocenters. The molecule has 6 heteroatoms. The first kappa shape index (κ1) is 11.2. The van der Waals surface area contributed by atoms with Gasteiger partial charge in [-0.05, 0) is 6.92 Å². The summed E-state index contributed by atoms with van der Waals surface area (Å²) in [6, 6.07) is 0. The lowest BCUT2D eigenvalue weighted by Gasteiger charge is -1.97. The summed E-state index contributed by atoms with van der Waals surface area (Å²) in [5.41, 5.74) is -0.144. The van der Waals surface area contributed by atoms with Gasteiger partial charge in [0, 0.05) is 11.6 Å². The van der Waals surface area contributed by atoms with Gasteiger partial charge in [0.25, 0.3) is 0 Å². The van der Waals surface area contributed by atoms with Crippen molar-refractivity contribution < 1.29 is 29.0 Å². The Morgan fingerprint density at radius 1 is 1.31 bits per heavy atom. The van der Waals surface area contributed by atoms with E-state index in [9.17, 15) is 14.4 Å². The highest BCUT2D eigenvalue weighted by Crippen LogP contribution is 1.97. The maximum Gasteiger partial charge on any atom is 0.513 e. The fourth-order valence-electron chi connectivity index (χ4n) is 0.454. The molecule has 0 aliphatic rings. The maximum atomic E-state index is 10.7. The van der Waals surface area contributed by atoms with E-state index in [1.165, 1.54) is 6.92 Å². The van der Waals surface area contributed by atoms with Gasteiger partial charge < -0.3 is 14.6 Å². The Balaban J connectivity index is 4.33. The lowest BCUT2D eigenvalue weighted by molar-refractivity contribution is -0.137. The van der Waals surface area contributed by atoms with Gasteiger partial charge in [0.05, 0.1) is 7.11 Å². The van der Waals surface area contributed by atoms with Crippen LogP contribution < -0.4 is 0 Å². The topological polar surface area (TPSA) is 89.9 Å². The summed E-state index contributed by atoms with van der Waals surface area (Å²) in [5.74, 6) is -1.85. The summed E-state index contributed by atoms with van der Waals surface area (Å²) >= 11 is 0. The minimum atomic E-state index is -1.72. The van der Waals surface area contributed by atoms with Crippen molar-refractivity contribution >= 4 is 18.1 Å². The van der Waals surface area contributed by atoms with Crippen LogP contribution in [0.3, 0.4) is 0 Å². The summed E-state index contributed by atoms with van der Waals surface area (Å²) in [6.45, 7) is 1.24. The van der Waals surface area contributed by atoms with Crippen LogP contribution in [0.25, 0.3) is 0 Å². The summed E-state index contributed by atoms with van der Waals surface area (Å²) in [6.07, 6.45) is -0.881. The molecule has 0 bridgehead atoms. The van der Waals surface area contributed by atoms with Crippen LogP contribution in [0.1, 0.15) is 6.92 Å². The van der Waals surface area contributed by atoms with Gasteiger partial charge in [-0.2, -0.15) is 0 Å². The average molecular weight is 188 g/mol. The zero-order valence-corrected chi connectivity index (χ0v) is 7.07. The van der Waals surface area contributed by atoms with Crippen molar-refractivity contribution in [2.45, 2.75) is 6.92 Å². The van der Waals surface area contributed by atoms with Gasteiger partial charge in [0.1, 0.15) is 0 Å². The van der Waals surface area contributed by atoms with Crippen molar-refractivity contribution in [3.05, 3.63) is 11.6 Å². The molecule has 0 spiro atoms. The van der Waals surface area contributed by atoms with Crippen molar-refractivity contribution in [2.75, 3.05) is 7.11 Å². The molecule has 0 aromatic heterocycles. The van der Waals surface area contributed by atoms with Crippen molar-refractivity contribution in [3.8, 4) is 0 Å². The third-order valence-electron chi connectivity index (χ3n) is 1.04. The normalized spacial score (nSPS) is 10.5. The Bertz CT molecular complexity index is 264. The predicted octanol–water partition coefficient (Wildman–Crippen LogP) is 0.327. The lowest BCUT2D eigenvalue weighted by Crippen LogP contribution is -2.12. The fraction of sp³-hybridized carbons (Fsp3) is 0.286. The summed E-state index contributed by atoms with van der Waals surface area (Å²) < 4.78 is 7.96. The third-order valence-corrected chi connectivity index (χ3v) is 1.04. The Labute approximate surface area is 73.7 Å². The van der Waals surface area contributed by atoms with E-state index in [2.05, 4.69) is 9.47 Å². The van der Waals surface area contributed by atoms with E-state index in [-0.39, 0.29) is 5.57 Å². The average Bonchev–Trinajstić information content (AvgIpc) is 2.02. The quantitative estimate of drug-likeness (QED) is 0.381. The number of carbonyl (C=O) groups is 3. The molecule has 0 aromatic carbocycles. The van der Waals surface area contributed by atoms with E-state index in [1.807, 2.05) is 0 Å². The number of esters is 2. The van der Waals surface area contributed by atoms with Crippen molar-refractivity contribution in [2.24, 2.45) is 0 Å². The largest absolute Gasteiger partial charge is 0.513 e. The first-order valence-corrected chi connectivity index (χ1v) is 3.18. The Morgan fingerprint density at radius 2 is 1.85 bits per heavy atom. The van der Waals surface area contributed by atoms with E-state index in [1.54, 1.807) is 0 Å². The van der Waals surface area contributed by atoms with Gasteiger partial charge >= 0.3 is 18.1 Å². The standard InChI is InChI=1S/C7H8O6/c1-4(3-5(8)12-2)6(9)13-7(10)11/h3H,1-2H3,(H,10,11). The van der Waals surface area contributed by atoms with E-state index >= 15 is 0 Å². The lowest BCUT2D eigenvalue weighted by atomic mass is 10.3. The first-order valence-electron chi connectivity index (χ1n) is 3.18. The third kappa shape index (κ3) is 4.57. The van der Waals surface area contributed by atoms with E-state index in [4.69, 9.17) is 5.11 Å². The van der Waals surface area contributed by atoms with Gasteiger partial charge in [0.15, 0.2) is 0 Å². The van der Waals surface area contributed by atoms with Crippen LogP contribution in [-0.2, 0) is 19.1 Å². The summed E-state index contributed by atoms with van der Waals surface area (Å²) in [4.78, 5) is 31.2. The number of carbonyl (C=O) groups excluding carboxylic acids is 2. The summed E-state index contributed by atoms with van der Waals surface area (Å²) in [7, 11) is 1.13. The number of hydrogen-bond donors (Lipinski definition) is 1. The highest BCUT2D eigenvalue weighted by atomic mass is 16.7. The summed E-state index contributed by atoms with van der Waals surface area (Å²) in [5, 5.41) is 8.04. The molecule has 0 radical (unpaired) electrons. The molecular weight excluding hydrogens is 180 g/mol. The molecule has 0 saturated heterocycles. The molecule has 13 heavy (non-hydrogen) atoms. The van der Waals surface area contributed by atoms with Crippen LogP contribution in [0.2, 0.25) is 0 Å². The highest BCUT2D eigenvalue weighted by Gasteiger charge is 2.11. The first-order chi connectivity index (χ1) is 5.97. The molecule has 0 aromatic rings. The van der Waals surface area contributed by atoms with Crippen LogP contribution >= 0.6 is 0 Å². The molecule has 0 heterocycles. The smallest absolute Gasteiger partial charge is 0.466 e. The van der Waals surface area contributed by atoms with Gasteiger partial charge in [-0.15, -0.1) is 0 Å². The van der Waals surface area contributed by atoms with E-state index in [0.717, 1.165) is 13.2 Å². The fourth-order valence-corrected chi connectivity index (χ4v) is 0.454. The van der Waals surface area contributed by atoms with E-state index < -0.39 is 18.1 Å². The van der Waals surface area contributed by atoms with Crippen LogP contribution in [0, 0.1) is 0 Å². The highest BCUT2D eigenvalue weighted by molar-refractivity contribution is 5.98. The molecule has 0 aliphatic heterocycles. The molecule has 0 fully saturated rings. The zero-order chi connectivity index (χ0) is 10.4. The van der Waals surface area contributed by atoms with Crippen molar-refractivity contribution in [3.63, 3.8) is 0 Å². The zero-order valence-electron chi connectivity index (χ0n) is 7.07. The second-order valence-electron chi connectivity index (χ2n) is 2.01. The molecule has 1 N–H and O–H groups in total. The van der Waals surface area contributed by atoms with Crippen LogP contribution in [0.5, 0.6) is 0 Å². The number of methoxy groups -OCH3 is 1. The second kappa shape index (κ2) is 4.91. The molecule has 0 aliphatic carbocycles. The van der Waals surface area contributed by atoms with Gasteiger partial charge in [-0.1, -0.05) is 0 Å². The molecule has 0 rings (SSSR count). The second-order valence-corrected chi connectivity index (χ2v) is 2.01. The van der Waals surface area contributed by atoms with Crippen molar-refractivity contribution in [1.29, 1.82) is 0 Å². The van der Waals surface area contributed by atoms with Gasteiger partial charge in [-0.3, -0.25) is 0 Å². The number of ether oxygens (including phenoxy) is 2. The SMILES string of the molecule is COC(=O)C=C(C)C(=O)OC(=O)O. The molecule has 6 nitrogen and oxygen atoms in total. The Kier molecular flexibility index (Phi) is 4.21. The van der Waals surface area contributed by atoms with Crippen molar-refractivity contribution in [1.82, 2.24) is 0 Å². The maximum absolute atomic E-state index is 10.7. The van der Waals surface area contributed by atoms with Crippen LogP contribution in [0.15, 0.2) is 11.6 Å². The monoisotopic (exact) mass is 188 g/mol. The number of hydrogen-bond acceptors (Lipinski definition) is 5. The Hall–Kier alpha value is -1.85. The molecule has 0 unspecified atom stereocenters. The molecule has 72 valence electrons. The molecule has 0 saturated carbocycles.